The van der Waals surface area contributed by atoms with Crippen molar-refractivity contribution in [3.8, 4) is 0 Å². The van der Waals surface area contributed by atoms with Crippen LogP contribution in [0.4, 0.5) is 0 Å². The van der Waals surface area contributed by atoms with E-state index in [0.29, 0.717) is 5.41 Å². The zero-order valence-electron chi connectivity index (χ0n) is 8.70. The lowest BCUT2D eigenvalue weighted by atomic mass is 9.93. The maximum Gasteiger partial charge on any atom is -0.0302 e. The highest BCUT2D eigenvalue weighted by molar-refractivity contribution is 7.38. The van der Waals surface area contributed by atoms with Crippen LogP contribution in [0.15, 0.2) is 0 Å². The summed E-state index contributed by atoms with van der Waals surface area (Å²) in [4.78, 5) is 0. The Kier molecular flexibility index (Phi) is 5.34. The van der Waals surface area contributed by atoms with Crippen molar-refractivity contribution in [2.75, 3.05) is 12.3 Å². The summed E-state index contributed by atoms with van der Waals surface area (Å²) in [5.74, 6) is 0.890. The van der Waals surface area contributed by atoms with Gasteiger partial charge in [-0.2, -0.15) is 0 Å². The molecule has 0 aromatic rings. The number of hydrogen-bond acceptors (Lipinski definition) is 0. The lowest BCUT2D eigenvalue weighted by molar-refractivity contribution is 0.406. The molecule has 0 aliphatic heterocycles. The van der Waals surface area contributed by atoms with Crippen LogP contribution in [-0.4, -0.2) is 12.3 Å². The highest BCUT2D eigenvalue weighted by atomic mass is 31.1. The van der Waals surface area contributed by atoms with E-state index in [9.17, 15) is 0 Å². The molecule has 0 N–H and O–H groups in total. The van der Waals surface area contributed by atoms with Gasteiger partial charge >= 0.3 is 0 Å². The molecule has 0 saturated carbocycles. The molecule has 0 nitrogen and oxygen atoms in total. The molecule has 11 heavy (non-hydrogen) atoms. The van der Waals surface area contributed by atoms with Gasteiger partial charge in [0.05, 0.1) is 0 Å². The quantitative estimate of drug-likeness (QED) is 0.557. The first-order chi connectivity index (χ1) is 4.98. The van der Waals surface area contributed by atoms with E-state index in [1.165, 1.54) is 27.3 Å². The summed E-state index contributed by atoms with van der Waals surface area (Å²) in [7, 11) is 1.17. The Morgan fingerprint density at radius 2 is 1.82 bits per heavy atom. The normalized spacial score (nSPS) is 13.6. The first-order valence-electron chi connectivity index (χ1n) is 4.68. The van der Waals surface area contributed by atoms with E-state index >= 15 is 0 Å². The molecule has 0 heterocycles. The average molecular weight is 174 g/mol. The highest BCUT2D eigenvalue weighted by Crippen LogP contribution is 2.29. The standard InChI is InChI=1S/C10H23P/c1-6-10(4,5)8-11-7-9(2)3/h9,11H,6-8H2,1-5H3. The van der Waals surface area contributed by atoms with E-state index in [4.69, 9.17) is 0 Å². The smallest absolute Gasteiger partial charge is 0.0302 e. The predicted molar refractivity (Wildman–Crippen MR) is 57.0 cm³/mol. The number of rotatable bonds is 5. The van der Waals surface area contributed by atoms with Crippen LogP contribution in [0, 0.1) is 11.3 Å². The Bertz CT molecular complexity index is 95.0. The summed E-state index contributed by atoms with van der Waals surface area (Å²) in [5, 5.41) is 0. The maximum absolute atomic E-state index is 2.38. The Balaban J connectivity index is 3.38. The molecule has 0 spiro atoms. The van der Waals surface area contributed by atoms with Gasteiger partial charge in [-0.05, 0) is 23.7 Å². The van der Waals surface area contributed by atoms with E-state index in [1.807, 2.05) is 0 Å². The van der Waals surface area contributed by atoms with Crippen LogP contribution in [0.2, 0.25) is 0 Å². The molecule has 68 valence electrons. The monoisotopic (exact) mass is 174 g/mol. The third-order valence-corrected chi connectivity index (χ3v) is 4.43. The minimum absolute atomic E-state index is 0.591. The van der Waals surface area contributed by atoms with Crippen molar-refractivity contribution in [1.82, 2.24) is 0 Å². The van der Waals surface area contributed by atoms with Gasteiger partial charge in [-0.25, -0.2) is 0 Å². The lowest BCUT2D eigenvalue weighted by Gasteiger charge is -2.22. The first kappa shape index (κ1) is 11.4. The molecule has 0 amide bonds. The van der Waals surface area contributed by atoms with Crippen LogP contribution in [0.1, 0.15) is 41.0 Å². The van der Waals surface area contributed by atoms with Gasteiger partial charge < -0.3 is 0 Å². The van der Waals surface area contributed by atoms with Gasteiger partial charge in [0.25, 0.3) is 0 Å². The molecule has 0 bridgehead atoms. The van der Waals surface area contributed by atoms with Crippen molar-refractivity contribution in [3.63, 3.8) is 0 Å². The second kappa shape index (κ2) is 5.14. The van der Waals surface area contributed by atoms with Crippen molar-refractivity contribution in [2.24, 2.45) is 11.3 Å². The highest BCUT2D eigenvalue weighted by Gasteiger charge is 2.13. The summed E-state index contributed by atoms with van der Waals surface area (Å²) in [5.41, 5.74) is 0.591. The van der Waals surface area contributed by atoms with E-state index in [1.54, 1.807) is 0 Å². The molecule has 0 aromatic carbocycles. The topological polar surface area (TPSA) is 0 Å². The maximum atomic E-state index is 2.38. The van der Waals surface area contributed by atoms with Gasteiger partial charge in [-0.15, -0.1) is 8.58 Å². The average Bonchev–Trinajstić information content (AvgIpc) is 1.87. The van der Waals surface area contributed by atoms with Crippen molar-refractivity contribution >= 4 is 8.58 Å². The molecule has 0 aliphatic rings. The van der Waals surface area contributed by atoms with Crippen LogP contribution >= 0.6 is 8.58 Å². The minimum Gasteiger partial charge on any atom is -0.121 e. The Morgan fingerprint density at radius 3 is 2.18 bits per heavy atom. The molecule has 0 aromatic heterocycles. The zero-order valence-corrected chi connectivity index (χ0v) is 9.70. The fourth-order valence-corrected chi connectivity index (χ4v) is 2.47. The Morgan fingerprint density at radius 1 is 1.27 bits per heavy atom. The summed E-state index contributed by atoms with van der Waals surface area (Å²) < 4.78 is 0. The zero-order chi connectivity index (χ0) is 8.91. The molecular formula is C10H23P. The van der Waals surface area contributed by atoms with Crippen molar-refractivity contribution < 1.29 is 0 Å². The SMILES string of the molecule is CCC(C)(C)CPCC(C)C. The fraction of sp³-hybridized carbons (Fsp3) is 1.00. The molecular weight excluding hydrogens is 151 g/mol. The molecule has 1 atom stereocenters. The molecule has 0 rings (SSSR count). The Labute approximate surface area is 73.9 Å². The molecule has 0 aliphatic carbocycles. The van der Waals surface area contributed by atoms with Gasteiger partial charge in [-0.3, -0.25) is 0 Å². The molecule has 0 radical (unpaired) electrons. The van der Waals surface area contributed by atoms with Gasteiger partial charge in [0.15, 0.2) is 0 Å². The molecule has 1 unspecified atom stereocenters. The largest absolute Gasteiger partial charge is 0.121 e. The third-order valence-electron chi connectivity index (χ3n) is 2.11. The summed E-state index contributed by atoms with van der Waals surface area (Å²) >= 11 is 0. The van der Waals surface area contributed by atoms with Gasteiger partial charge in [0, 0.05) is 0 Å². The summed E-state index contributed by atoms with van der Waals surface area (Å²) in [6.07, 6.45) is 4.16. The van der Waals surface area contributed by atoms with E-state index in [-0.39, 0.29) is 0 Å². The second-order valence-electron chi connectivity index (χ2n) is 4.54. The van der Waals surface area contributed by atoms with Crippen LogP contribution in [0.3, 0.4) is 0 Å². The first-order valence-corrected chi connectivity index (χ1v) is 6.10. The van der Waals surface area contributed by atoms with Crippen molar-refractivity contribution in [1.29, 1.82) is 0 Å². The van der Waals surface area contributed by atoms with Gasteiger partial charge in [0.1, 0.15) is 0 Å². The van der Waals surface area contributed by atoms with Gasteiger partial charge in [-0.1, -0.05) is 41.0 Å². The van der Waals surface area contributed by atoms with Crippen molar-refractivity contribution in [2.45, 2.75) is 41.0 Å². The van der Waals surface area contributed by atoms with Crippen LogP contribution in [0.5, 0.6) is 0 Å². The van der Waals surface area contributed by atoms with Crippen LogP contribution in [0.25, 0.3) is 0 Å². The van der Waals surface area contributed by atoms with Crippen LogP contribution < -0.4 is 0 Å². The van der Waals surface area contributed by atoms with Gasteiger partial charge in [0.2, 0.25) is 0 Å². The molecule has 0 saturated heterocycles. The van der Waals surface area contributed by atoms with Crippen molar-refractivity contribution in [3.05, 3.63) is 0 Å². The fourth-order valence-electron chi connectivity index (χ4n) is 0.824. The summed E-state index contributed by atoms with van der Waals surface area (Å²) in [6, 6.07) is 0. The number of hydrogen-bond donors (Lipinski definition) is 0. The van der Waals surface area contributed by atoms with Crippen LogP contribution in [-0.2, 0) is 0 Å². The summed E-state index contributed by atoms with van der Waals surface area (Å²) in [6.45, 7) is 11.7. The van der Waals surface area contributed by atoms with E-state index < -0.39 is 0 Å². The van der Waals surface area contributed by atoms with E-state index in [0.717, 1.165) is 5.92 Å². The lowest BCUT2D eigenvalue weighted by Crippen LogP contribution is -2.12. The second-order valence-corrected chi connectivity index (χ2v) is 5.80. The predicted octanol–water partition coefficient (Wildman–Crippen LogP) is 3.76. The third kappa shape index (κ3) is 6.81. The molecule has 1 heteroatoms. The van der Waals surface area contributed by atoms with E-state index in [2.05, 4.69) is 34.6 Å². The Hall–Kier alpha value is 0.430. The minimum atomic E-state index is 0.591. The molecule has 0 fully saturated rings.